The van der Waals surface area contributed by atoms with Gasteiger partial charge in [0.2, 0.25) is 0 Å². The van der Waals surface area contributed by atoms with Crippen molar-refractivity contribution in [2.45, 2.75) is 78.6 Å². The Hall–Kier alpha value is 2.02. The van der Waals surface area contributed by atoms with Crippen LogP contribution in [-0.2, 0) is 0 Å². The van der Waals surface area contributed by atoms with Crippen LogP contribution in [-0.4, -0.2) is 32.9 Å². The van der Waals surface area contributed by atoms with E-state index in [-0.39, 0.29) is 36.9 Å². The Labute approximate surface area is 156 Å². The molecule has 0 bridgehead atoms. The summed E-state index contributed by atoms with van der Waals surface area (Å²) < 4.78 is 9.64. The molecule has 0 saturated carbocycles. The monoisotopic (exact) mass is 495 g/mol. The Balaban J connectivity index is -0.000000256. The first-order chi connectivity index (χ1) is 7.41. The molecule has 0 heterocycles. The van der Waals surface area contributed by atoms with Crippen LogP contribution in [0.2, 0.25) is 78.6 Å². The minimum absolute atomic E-state index is 0. The van der Waals surface area contributed by atoms with E-state index in [1.54, 1.807) is 0 Å². The summed E-state index contributed by atoms with van der Waals surface area (Å²) in [5.74, 6) is 0. The topological polar surface area (TPSA) is 28.2 Å². The molecule has 0 aromatic rings. The maximum atomic E-state index is 4.82. The summed E-state index contributed by atoms with van der Waals surface area (Å²) in [6, 6.07) is 0. The normalized spacial score (nSPS) is 13.3. The molecule has 19 heavy (non-hydrogen) atoms. The van der Waals surface area contributed by atoms with Crippen LogP contribution in [0.25, 0.3) is 9.30 Å². The van der Waals surface area contributed by atoms with Crippen molar-refractivity contribution < 1.29 is 36.9 Å². The molecule has 0 fully saturated rings. The van der Waals surface area contributed by atoms with Gasteiger partial charge in [0.1, 0.15) is 0 Å². The fraction of sp³-hybridized carbons (Fsp3) is 1.00. The van der Waals surface area contributed by atoms with Gasteiger partial charge < -0.3 is 9.30 Å². The molecular formula is C12H36LuN2Si4-2. The molecule has 0 rings (SSSR count). The first kappa shape index (κ1) is 25.9. The Morgan fingerprint density at radius 3 is 0.474 bits per heavy atom. The van der Waals surface area contributed by atoms with Crippen molar-refractivity contribution in [1.82, 2.24) is 0 Å². The van der Waals surface area contributed by atoms with Crippen LogP contribution < -0.4 is 0 Å². The van der Waals surface area contributed by atoms with Gasteiger partial charge in [0.05, 0.1) is 0 Å². The van der Waals surface area contributed by atoms with Crippen LogP contribution in [0.4, 0.5) is 0 Å². The van der Waals surface area contributed by atoms with E-state index in [0.29, 0.717) is 0 Å². The minimum Gasteiger partial charge on any atom is -0.668 e. The summed E-state index contributed by atoms with van der Waals surface area (Å²) in [6.45, 7) is 27.6. The predicted molar refractivity (Wildman–Crippen MR) is 100 cm³/mol. The van der Waals surface area contributed by atoms with Gasteiger partial charge in [-0.2, -0.15) is 0 Å². The summed E-state index contributed by atoms with van der Waals surface area (Å²) >= 11 is 0. The molecule has 0 spiro atoms. The third-order valence-electron chi connectivity index (χ3n) is 1.34. The van der Waals surface area contributed by atoms with Gasteiger partial charge in [-0.15, -0.1) is 0 Å². The van der Waals surface area contributed by atoms with E-state index in [4.69, 9.17) is 9.30 Å². The zero-order chi connectivity index (χ0) is 15.4. The number of nitrogens with zero attached hydrogens (tertiary/aromatic N) is 2. The molecule has 0 aromatic heterocycles. The van der Waals surface area contributed by atoms with E-state index in [9.17, 15) is 0 Å². The van der Waals surface area contributed by atoms with Crippen molar-refractivity contribution in [2.24, 2.45) is 0 Å². The summed E-state index contributed by atoms with van der Waals surface area (Å²) in [5.41, 5.74) is 0. The molecule has 0 N–H and O–H groups in total. The van der Waals surface area contributed by atoms with Crippen molar-refractivity contribution in [2.75, 3.05) is 0 Å². The second kappa shape index (κ2) is 9.23. The average molecular weight is 496 g/mol. The standard InChI is InChI=1S/2C6H18NSi2.Lu/c2*1-8(2,3)7-9(4,5)6;/h2*1-6H3;/q2*-1;. The molecule has 0 aliphatic rings. The van der Waals surface area contributed by atoms with Gasteiger partial charge in [-0.3, -0.25) is 0 Å². The number of rotatable bonds is 4. The molecule has 0 saturated heterocycles. The van der Waals surface area contributed by atoms with E-state index in [0.717, 1.165) is 0 Å². The van der Waals surface area contributed by atoms with E-state index >= 15 is 0 Å². The molecule has 0 aromatic carbocycles. The number of hydrogen-bond donors (Lipinski definition) is 0. The van der Waals surface area contributed by atoms with Gasteiger partial charge in [0.25, 0.3) is 0 Å². The maximum Gasteiger partial charge on any atom is 0 e. The predicted octanol–water partition coefficient (Wildman–Crippen LogP) is 6.06. The largest absolute Gasteiger partial charge is 0.668 e. The number of hydrogen-bond acceptors (Lipinski definition) is 0. The fourth-order valence-electron chi connectivity index (χ4n) is 2.01. The zero-order valence-electron chi connectivity index (χ0n) is 15.2. The van der Waals surface area contributed by atoms with Crippen LogP contribution in [0.3, 0.4) is 0 Å². The molecule has 127 valence electrons. The van der Waals surface area contributed by atoms with Gasteiger partial charge in [0, 0.05) is 36.9 Å². The van der Waals surface area contributed by atoms with Gasteiger partial charge in [0.15, 0.2) is 0 Å². The molecule has 1 radical (unpaired) electrons. The Morgan fingerprint density at radius 1 is 0.368 bits per heavy atom. The third-order valence-corrected chi connectivity index (χ3v) is 12.1. The van der Waals surface area contributed by atoms with Crippen LogP contribution in [0, 0.1) is 36.9 Å². The SMILES string of the molecule is C[Si](C)(C)[N-][Si](C)(C)C.C[Si](C)(C)[N-][Si](C)(C)C.[Lu]. The smallest absolute Gasteiger partial charge is 0 e. The quantitative estimate of drug-likeness (QED) is 0.424. The van der Waals surface area contributed by atoms with Crippen molar-refractivity contribution in [3.63, 3.8) is 0 Å². The minimum atomic E-state index is -1.11. The Bertz CT molecular complexity index is 184. The molecule has 0 atom stereocenters. The second-order valence-electron chi connectivity index (χ2n) is 8.91. The molecule has 0 aliphatic carbocycles. The zero-order valence-corrected chi connectivity index (χ0v) is 20.8. The molecular weight excluding hydrogens is 459 g/mol. The van der Waals surface area contributed by atoms with E-state index in [2.05, 4.69) is 78.6 Å². The van der Waals surface area contributed by atoms with Gasteiger partial charge >= 0.3 is 0 Å². The Kier molecular flexibility index (Phi) is 12.6. The van der Waals surface area contributed by atoms with Gasteiger partial charge in [-0.05, 0) is 0 Å². The first-order valence-corrected chi connectivity index (χ1v) is 20.7. The molecule has 2 nitrogen and oxygen atoms in total. The summed E-state index contributed by atoms with van der Waals surface area (Å²) in [5, 5.41) is 0. The molecule has 7 heteroatoms. The van der Waals surface area contributed by atoms with E-state index in [1.807, 2.05) is 0 Å². The molecule has 0 amide bonds. The first-order valence-electron chi connectivity index (χ1n) is 6.89. The Morgan fingerprint density at radius 2 is 0.474 bits per heavy atom. The summed E-state index contributed by atoms with van der Waals surface area (Å²) in [7, 11) is -4.42. The van der Waals surface area contributed by atoms with Crippen LogP contribution in [0.1, 0.15) is 0 Å². The summed E-state index contributed by atoms with van der Waals surface area (Å²) in [4.78, 5) is 0. The van der Waals surface area contributed by atoms with Crippen molar-refractivity contribution >= 4 is 32.9 Å². The van der Waals surface area contributed by atoms with E-state index < -0.39 is 32.9 Å². The van der Waals surface area contributed by atoms with Crippen molar-refractivity contribution in [3.05, 3.63) is 9.30 Å². The van der Waals surface area contributed by atoms with Crippen molar-refractivity contribution in [1.29, 1.82) is 0 Å². The third kappa shape index (κ3) is 33.1. The second-order valence-corrected chi connectivity index (χ2v) is 28.1. The van der Waals surface area contributed by atoms with Crippen LogP contribution in [0.15, 0.2) is 0 Å². The maximum absolute atomic E-state index is 4.82. The van der Waals surface area contributed by atoms with Crippen molar-refractivity contribution in [3.8, 4) is 0 Å². The van der Waals surface area contributed by atoms with Crippen LogP contribution >= 0.6 is 0 Å². The summed E-state index contributed by atoms with van der Waals surface area (Å²) in [6.07, 6.45) is 0. The van der Waals surface area contributed by atoms with Crippen LogP contribution in [0.5, 0.6) is 0 Å². The average Bonchev–Trinajstić information content (AvgIpc) is 1.64. The molecule has 0 aliphatic heterocycles. The van der Waals surface area contributed by atoms with Gasteiger partial charge in [-0.1, -0.05) is 112 Å². The van der Waals surface area contributed by atoms with E-state index in [1.165, 1.54) is 0 Å². The fourth-order valence-corrected chi connectivity index (χ4v) is 18.1. The van der Waals surface area contributed by atoms with Gasteiger partial charge in [-0.25, -0.2) is 0 Å². The molecule has 0 unspecified atom stereocenters.